The molecule has 0 saturated carbocycles. The highest BCUT2D eigenvalue weighted by atomic mass is 16.5. The first-order valence-corrected chi connectivity index (χ1v) is 7.51. The SMILES string of the molecule is Cc1ccc(OC(C)C(=O)Nc2cccc3ncccc23)cc1. The van der Waals surface area contributed by atoms with Crippen LogP contribution in [0.4, 0.5) is 5.69 Å². The van der Waals surface area contributed by atoms with Gasteiger partial charge in [-0.1, -0.05) is 23.8 Å². The molecule has 0 fully saturated rings. The van der Waals surface area contributed by atoms with E-state index in [1.165, 1.54) is 0 Å². The highest BCUT2D eigenvalue weighted by Gasteiger charge is 2.16. The summed E-state index contributed by atoms with van der Waals surface area (Å²) in [5, 5.41) is 3.82. The minimum atomic E-state index is -0.593. The molecule has 0 aliphatic rings. The number of anilines is 1. The van der Waals surface area contributed by atoms with Crippen LogP contribution < -0.4 is 10.1 Å². The summed E-state index contributed by atoms with van der Waals surface area (Å²) in [5.74, 6) is 0.486. The first-order valence-electron chi connectivity index (χ1n) is 7.51. The van der Waals surface area contributed by atoms with Gasteiger partial charge in [0.2, 0.25) is 0 Å². The Morgan fingerprint density at radius 1 is 1.09 bits per heavy atom. The average molecular weight is 306 g/mol. The number of nitrogens with one attached hydrogen (secondary N) is 1. The monoisotopic (exact) mass is 306 g/mol. The Labute approximate surface area is 135 Å². The summed E-state index contributed by atoms with van der Waals surface area (Å²) < 4.78 is 5.69. The number of pyridine rings is 1. The largest absolute Gasteiger partial charge is 0.481 e. The fraction of sp³-hybridized carbons (Fsp3) is 0.158. The van der Waals surface area contributed by atoms with Crippen LogP contribution >= 0.6 is 0 Å². The lowest BCUT2D eigenvalue weighted by Gasteiger charge is -2.15. The summed E-state index contributed by atoms with van der Waals surface area (Å²) in [4.78, 5) is 16.7. The Balaban J connectivity index is 1.74. The van der Waals surface area contributed by atoms with E-state index in [4.69, 9.17) is 4.74 Å². The third kappa shape index (κ3) is 3.48. The van der Waals surface area contributed by atoms with Gasteiger partial charge in [0.1, 0.15) is 5.75 Å². The maximum atomic E-state index is 12.4. The van der Waals surface area contributed by atoms with E-state index in [1.807, 2.05) is 61.5 Å². The molecule has 0 aliphatic heterocycles. The number of ether oxygens (including phenoxy) is 1. The summed E-state index contributed by atoms with van der Waals surface area (Å²) in [7, 11) is 0. The molecule has 116 valence electrons. The van der Waals surface area contributed by atoms with Crippen LogP contribution in [0.25, 0.3) is 10.9 Å². The van der Waals surface area contributed by atoms with Crippen molar-refractivity contribution in [2.24, 2.45) is 0 Å². The maximum absolute atomic E-state index is 12.4. The maximum Gasteiger partial charge on any atom is 0.265 e. The van der Waals surface area contributed by atoms with Gasteiger partial charge < -0.3 is 10.1 Å². The van der Waals surface area contributed by atoms with E-state index in [2.05, 4.69) is 10.3 Å². The van der Waals surface area contributed by atoms with E-state index in [0.717, 1.165) is 22.2 Å². The molecule has 0 radical (unpaired) electrons. The zero-order valence-electron chi connectivity index (χ0n) is 13.1. The number of carbonyl (C=O) groups is 1. The molecule has 1 N–H and O–H groups in total. The second kappa shape index (κ2) is 6.48. The third-order valence-electron chi connectivity index (χ3n) is 3.61. The zero-order chi connectivity index (χ0) is 16.2. The van der Waals surface area contributed by atoms with Crippen molar-refractivity contribution in [2.75, 3.05) is 5.32 Å². The molecule has 0 bridgehead atoms. The van der Waals surface area contributed by atoms with Crippen LogP contribution in [0.5, 0.6) is 5.75 Å². The van der Waals surface area contributed by atoms with E-state index < -0.39 is 6.10 Å². The molecule has 1 aromatic heterocycles. The van der Waals surface area contributed by atoms with Crippen LogP contribution in [0, 0.1) is 6.92 Å². The predicted octanol–water partition coefficient (Wildman–Crippen LogP) is 3.95. The van der Waals surface area contributed by atoms with Gasteiger partial charge in [0.25, 0.3) is 5.91 Å². The highest BCUT2D eigenvalue weighted by Crippen LogP contribution is 2.22. The lowest BCUT2D eigenvalue weighted by molar-refractivity contribution is -0.122. The van der Waals surface area contributed by atoms with Gasteiger partial charge in [-0.25, -0.2) is 0 Å². The van der Waals surface area contributed by atoms with Gasteiger partial charge in [-0.2, -0.15) is 0 Å². The van der Waals surface area contributed by atoms with Gasteiger partial charge in [0.05, 0.1) is 11.2 Å². The second-order valence-electron chi connectivity index (χ2n) is 5.44. The smallest absolute Gasteiger partial charge is 0.265 e. The number of fused-ring (bicyclic) bond motifs is 1. The van der Waals surface area contributed by atoms with Crippen molar-refractivity contribution in [1.29, 1.82) is 0 Å². The fourth-order valence-corrected chi connectivity index (χ4v) is 2.32. The number of hydrogen-bond donors (Lipinski definition) is 1. The number of aryl methyl sites for hydroxylation is 1. The summed E-state index contributed by atoms with van der Waals surface area (Å²) in [5.41, 5.74) is 2.73. The Morgan fingerprint density at radius 3 is 2.65 bits per heavy atom. The van der Waals surface area contributed by atoms with E-state index in [0.29, 0.717) is 5.75 Å². The molecule has 23 heavy (non-hydrogen) atoms. The van der Waals surface area contributed by atoms with Crippen LogP contribution in [0.15, 0.2) is 60.8 Å². The second-order valence-corrected chi connectivity index (χ2v) is 5.44. The Hall–Kier alpha value is -2.88. The molecule has 2 aromatic carbocycles. The summed E-state index contributed by atoms with van der Waals surface area (Å²) in [6.45, 7) is 3.74. The molecule has 4 heteroatoms. The van der Waals surface area contributed by atoms with Crippen molar-refractivity contribution < 1.29 is 9.53 Å². The first kappa shape index (κ1) is 15.0. The minimum absolute atomic E-state index is 0.193. The van der Waals surface area contributed by atoms with Gasteiger partial charge in [-0.15, -0.1) is 0 Å². The van der Waals surface area contributed by atoms with Gasteiger partial charge in [-0.3, -0.25) is 9.78 Å². The number of carbonyl (C=O) groups excluding carboxylic acids is 1. The van der Waals surface area contributed by atoms with Gasteiger partial charge in [-0.05, 0) is 50.2 Å². The van der Waals surface area contributed by atoms with E-state index in [-0.39, 0.29) is 5.91 Å². The van der Waals surface area contributed by atoms with Crippen molar-refractivity contribution in [2.45, 2.75) is 20.0 Å². The summed E-state index contributed by atoms with van der Waals surface area (Å²) >= 11 is 0. The van der Waals surface area contributed by atoms with Crippen LogP contribution in [-0.2, 0) is 4.79 Å². The molecule has 4 nitrogen and oxygen atoms in total. The van der Waals surface area contributed by atoms with Crippen molar-refractivity contribution in [1.82, 2.24) is 4.98 Å². The van der Waals surface area contributed by atoms with Crippen molar-refractivity contribution >= 4 is 22.5 Å². The Morgan fingerprint density at radius 2 is 1.87 bits per heavy atom. The zero-order valence-corrected chi connectivity index (χ0v) is 13.1. The Bertz CT molecular complexity index is 823. The van der Waals surface area contributed by atoms with Gasteiger partial charge in [0.15, 0.2) is 6.10 Å². The first-order chi connectivity index (χ1) is 11.1. The summed E-state index contributed by atoms with van der Waals surface area (Å²) in [6.07, 6.45) is 1.14. The predicted molar refractivity (Wildman–Crippen MR) is 91.6 cm³/mol. The third-order valence-corrected chi connectivity index (χ3v) is 3.61. The molecule has 3 rings (SSSR count). The molecule has 1 amide bonds. The molecule has 0 saturated heterocycles. The van der Waals surface area contributed by atoms with Crippen molar-refractivity contribution in [3.05, 3.63) is 66.4 Å². The average Bonchev–Trinajstić information content (AvgIpc) is 2.57. The highest BCUT2D eigenvalue weighted by molar-refractivity contribution is 6.02. The van der Waals surface area contributed by atoms with Crippen LogP contribution in [0.3, 0.4) is 0 Å². The number of benzene rings is 2. The van der Waals surface area contributed by atoms with E-state index >= 15 is 0 Å². The minimum Gasteiger partial charge on any atom is -0.481 e. The molecule has 0 aliphatic carbocycles. The van der Waals surface area contributed by atoms with E-state index in [9.17, 15) is 4.79 Å². The molecule has 1 atom stereocenters. The van der Waals surface area contributed by atoms with Gasteiger partial charge in [0, 0.05) is 11.6 Å². The lowest BCUT2D eigenvalue weighted by Crippen LogP contribution is -2.30. The quantitative estimate of drug-likeness (QED) is 0.794. The van der Waals surface area contributed by atoms with Crippen LogP contribution in [0.1, 0.15) is 12.5 Å². The van der Waals surface area contributed by atoms with Crippen LogP contribution in [0.2, 0.25) is 0 Å². The van der Waals surface area contributed by atoms with E-state index in [1.54, 1.807) is 13.1 Å². The molecular formula is C19H18N2O2. The number of hydrogen-bond acceptors (Lipinski definition) is 3. The summed E-state index contributed by atoms with van der Waals surface area (Å²) in [6, 6.07) is 17.1. The number of nitrogens with zero attached hydrogens (tertiary/aromatic N) is 1. The number of aromatic nitrogens is 1. The fourth-order valence-electron chi connectivity index (χ4n) is 2.32. The molecule has 1 heterocycles. The topological polar surface area (TPSA) is 51.2 Å². The standard InChI is InChI=1S/C19H18N2O2/c1-13-8-10-15(11-9-13)23-14(2)19(22)21-18-7-3-6-17-16(18)5-4-12-20-17/h3-12,14H,1-2H3,(H,21,22). The van der Waals surface area contributed by atoms with Crippen molar-refractivity contribution in [3.8, 4) is 5.75 Å². The molecule has 0 spiro atoms. The number of rotatable bonds is 4. The molecular weight excluding hydrogens is 288 g/mol. The van der Waals surface area contributed by atoms with Gasteiger partial charge >= 0.3 is 0 Å². The van der Waals surface area contributed by atoms with Crippen molar-refractivity contribution in [3.63, 3.8) is 0 Å². The molecule has 1 unspecified atom stereocenters. The Kier molecular flexibility index (Phi) is 4.24. The molecule has 3 aromatic rings. The van der Waals surface area contributed by atoms with Crippen LogP contribution in [-0.4, -0.2) is 17.0 Å². The lowest BCUT2D eigenvalue weighted by atomic mass is 10.2. The number of amides is 1. The normalized spacial score (nSPS) is 11.9.